The Morgan fingerprint density at radius 3 is 2.07 bits per heavy atom. The van der Waals surface area contributed by atoms with E-state index in [1.165, 1.54) is 0 Å². The Morgan fingerprint density at radius 2 is 1.46 bits per heavy atom. The van der Waals surface area contributed by atoms with E-state index in [9.17, 15) is 14.4 Å². The summed E-state index contributed by atoms with van der Waals surface area (Å²) in [5, 5.41) is 16.8. The van der Waals surface area contributed by atoms with E-state index in [4.69, 9.17) is 5.11 Å². The maximum Gasteiger partial charge on any atom is 0.315 e. The van der Waals surface area contributed by atoms with Crippen molar-refractivity contribution in [2.24, 2.45) is 0 Å². The monoisotopic (exact) mass is 383 g/mol. The summed E-state index contributed by atoms with van der Waals surface area (Å²) in [6, 6.07) is 17.7. The summed E-state index contributed by atoms with van der Waals surface area (Å²) in [7, 11) is 0. The van der Waals surface area contributed by atoms with Crippen LogP contribution in [0.5, 0.6) is 0 Å². The Labute approximate surface area is 164 Å². The molecule has 7 nitrogen and oxygen atoms in total. The molecule has 1 atom stereocenters. The molecule has 4 N–H and O–H groups in total. The molecule has 7 heteroatoms. The first kappa shape index (κ1) is 21.0. The quantitative estimate of drug-likeness (QED) is 0.471. The summed E-state index contributed by atoms with van der Waals surface area (Å²) in [6.45, 7) is 0.592. The second-order valence-electron chi connectivity index (χ2n) is 6.34. The Bertz CT molecular complexity index is 766. The second kappa shape index (κ2) is 11.4. The van der Waals surface area contributed by atoms with Gasteiger partial charge in [0.15, 0.2) is 0 Å². The lowest BCUT2D eigenvalue weighted by molar-refractivity contribution is -0.137. The molecule has 148 valence electrons. The molecule has 0 aliphatic rings. The average Bonchev–Trinajstić information content (AvgIpc) is 2.70. The van der Waals surface area contributed by atoms with Gasteiger partial charge >= 0.3 is 12.0 Å². The average molecular weight is 383 g/mol. The number of hydrogen-bond donors (Lipinski definition) is 4. The van der Waals surface area contributed by atoms with Crippen LogP contribution >= 0.6 is 0 Å². The number of nitrogens with one attached hydrogen (secondary N) is 3. The molecule has 0 heterocycles. The van der Waals surface area contributed by atoms with E-state index in [0.717, 1.165) is 11.1 Å². The number of carbonyl (C=O) groups is 3. The zero-order valence-electron chi connectivity index (χ0n) is 15.6. The highest BCUT2D eigenvalue weighted by molar-refractivity contribution is 5.87. The molecule has 0 fully saturated rings. The van der Waals surface area contributed by atoms with E-state index in [0.29, 0.717) is 19.4 Å². The smallest absolute Gasteiger partial charge is 0.315 e. The van der Waals surface area contributed by atoms with E-state index in [-0.39, 0.29) is 18.9 Å². The molecule has 0 bridgehead atoms. The Hall–Kier alpha value is -3.35. The number of rotatable bonds is 10. The third-order valence-electron chi connectivity index (χ3n) is 4.07. The summed E-state index contributed by atoms with van der Waals surface area (Å²) in [5.74, 6) is -1.20. The largest absolute Gasteiger partial charge is 0.481 e. The molecule has 0 aromatic heterocycles. The third kappa shape index (κ3) is 7.90. The number of benzene rings is 2. The van der Waals surface area contributed by atoms with Gasteiger partial charge in [-0.2, -0.15) is 0 Å². The van der Waals surface area contributed by atoms with Gasteiger partial charge in [-0.15, -0.1) is 0 Å². The van der Waals surface area contributed by atoms with Crippen molar-refractivity contribution >= 4 is 17.9 Å². The van der Waals surface area contributed by atoms with Crippen molar-refractivity contribution in [3.8, 4) is 0 Å². The molecule has 0 spiro atoms. The van der Waals surface area contributed by atoms with Gasteiger partial charge in [0.1, 0.15) is 6.04 Å². The van der Waals surface area contributed by atoms with E-state index >= 15 is 0 Å². The maximum atomic E-state index is 12.6. The fraction of sp³-hybridized carbons (Fsp3) is 0.286. The Balaban J connectivity index is 1.92. The van der Waals surface area contributed by atoms with Gasteiger partial charge < -0.3 is 21.1 Å². The van der Waals surface area contributed by atoms with E-state index in [1.807, 2.05) is 60.7 Å². The van der Waals surface area contributed by atoms with E-state index in [1.54, 1.807) is 0 Å². The van der Waals surface area contributed by atoms with Crippen LogP contribution in [-0.2, 0) is 22.6 Å². The fourth-order valence-electron chi connectivity index (χ4n) is 2.62. The van der Waals surface area contributed by atoms with Crippen molar-refractivity contribution < 1.29 is 19.5 Å². The molecular formula is C21H25N3O4. The number of aliphatic carboxylic acids is 1. The van der Waals surface area contributed by atoms with Crippen molar-refractivity contribution in [1.29, 1.82) is 0 Å². The summed E-state index contributed by atoms with van der Waals surface area (Å²) in [4.78, 5) is 35.3. The zero-order chi connectivity index (χ0) is 20.2. The highest BCUT2D eigenvalue weighted by Gasteiger charge is 2.21. The zero-order valence-corrected chi connectivity index (χ0v) is 15.6. The fourth-order valence-corrected chi connectivity index (χ4v) is 2.62. The lowest BCUT2D eigenvalue weighted by Gasteiger charge is -2.19. The summed E-state index contributed by atoms with van der Waals surface area (Å²) in [5.41, 5.74) is 1.89. The SMILES string of the molecule is O=C(O)CCCNC(=O)NC(Cc1ccccc1)C(=O)NCc1ccccc1. The number of hydrogen-bond acceptors (Lipinski definition) is 3. The van der Waals surface area contributed by atoms with Gasteiger partial charge in [-0.05, 0) is 17.5 Å². The molecule has 0 aliphatic carbocycles. The predicted octanol–water partition coefficient (Wildman–Crippen LogP) is 2.08. The highest BCUT2D eigenvalue weighted by Crippen LogP contribution is 2.05. The lowest BCUT2D eigenvalue weighted by Crippen LogP contribution is -2.51. The molecule has 0 radical (unpaired) electrons. The van der Waals surface area contributed by atoms with Crippen molar-refractivity contribution in [2.45, 2.75) is 31.8 Å². The number of carboxylic acid groups (broad SMARTS) is 1. The van der Waals surface area contributed by atoms with Crippen LogP contribution in [0.25, 0.3) is 0 Å². The molecule has 2 aromatic carbocycles. The van der Waals surface area contributed by atoms with Gasteiger partial charge in [0, 0.05) is 25.9 Å². The van der Waals surface area contributed by atoms with Crippen LogP contribution in [0.15, 0.2) is 60.7 Å². The standard InChI is InChI=1S/C21H25N3O4/c25-19(26)12-7-13-22-21(28)24-18(14-16-8-3-1-4-9-16)20(27)23-15-17-10-5-2-6-11-17/h1-6,8-11,18H,7,12-15H2,(H,23,27)(H,25,26)(H2,22,24,28). The number of carboxylic acids is 1. The minimum atomic E-state index is -0.913. The van der Waals surface area contributed by atoms with E-state index < -0.39 is 18.0 Å². The molecule has 28 heavy (non-hydrogen) atoms. The van der Waals surface area contributed by atoms with Gasteiger partial charge in [0.25, 0.3) is 0 Å². The van der Waals surface area contributed by atoms with Gasteiger partial charge in [-0.25, -0.2) is 4.79 Å². The van der Waals surface area contributed by atoms with Crippen molar-refractivity contribution in [3.63, 3.8) is 0 Å². The summed E-state index contributed by atoms with van der Waals surface area (Å²) >= 11 is 0. The second-order valence-corrected chi connectivity index (χ2v) is 6.34. The highest BCUT2D eigenvalue weighted by atomic mass is 16.4. The lowest BCUT2D eigenvalue weighted by atomic mass is 10.1. The van der Waals surface area contributed by atoms with Gasteiger partial charge in [-0.3, -0.25) is 9.59 Å². The minimum Gasteiger partial charge on any atom is -0.481 e. The number of carbonyl (C=O) groups excluding carboxylic acids is 2. The minimum absolute atomic E-state index is 0.0225. The van der Waals surface area contributed by atoms with Gasteiger partial charge in [0.05, 0.1) is 0 Å². The number of urea groups is 1. The van der Waals surface area contributed by atoms with E-state index in [2.05, 4.69) is 16.0 Å². The third-order valence-corrected chi connectivity index (χ3v) is 4.07. The molecule has 0 saturated carbocycles. The molecule has 2 aromatic rings. The van der Waals surface area contributed by atoms with Gasteiger partial charge in [-0.1, -0.05) is 60.7 Å². The van der Waals surface area contributed by atoms with Gasteiger partial charge in [0.2, 0.25) is 5.91 Å². The molecule has 1 unspecified atom stereocenters. The van der Waals surface area contributed by atoms with Crippen LogP contribution in [0.1, 0.15) is 24.0 Å². The predicted molar refractivity (Wildman–Crippen MR) is 106 cm³/mol. The molecule has 0 saturated heterocycles. The van der Waals surface area contributed by atoms with Crippen molar-refractivity contribution in [3.05, 3.63) is 71.8 Å². The molecular weight excluding hydrogens is 358 g/mol. The number of amides is 3. The maximum absolute atomic E-state index is 12.6. The van der Waals surface area contributed by atoms with Crippen LogP contribution < -0.4 is 16.0 Å². The first-order valence-corrected chi connectivity index (χ1v) is 9.16. The molecule has 0 aliphatic heterocycles. The topological polar surface area (TPSA) is 108 Å². The van der Waals surface area contributed by atoms with Crippen molar-refractivity contribution in [1.82, 2.24) is 16.0 Å². The molecule has 3 amide bonds. The van der Waals surface area contributed by atoms with Crippen LogP contribution in [-0.4, -0.2) is 35.6 Å². The van der Waals surface area contributed by atoms with Crippen LogP contribution in [0.4, 0.5) is 4.79 Å². The Morgan fingerprint density at radius 1 is 0.857 bits per heavy atom. The van der Waals surface area contributed by atoms with Crippen LogP contribution in [0.3, 0.4) is 0 Å². The van der Waals surface area contributed by atoms with Crippen LogP contribution in [0.2, 0.25) is 0 Å². The first-order chi connectivity index (χ1) is 13.5. The normalized spacial score (nSPS) is 11.3. The first-order valence-electron chi connectivity index (χ1n) is 9.16. The Kier molecular flexibility index (Phi) is 8.52. The molecule has 2 rings (SSSR count). The van der Waals surface area contributed by atoms with Crippen LogP contribution in [0, 0.1) is 0 Å². The van der Waals surface area contributed by atoms with Crippen molar-refractivity contribution in [2.75, 3.05) is 6.54 Å². The summed E-state index contributed by atoms with van der Waals surface area (Å²) in [6.07, 6.45) is 0.654. The summed E-state index contributed by atoms with van der Waals surface area (Å²) < 4.78 is 0.